The topological polar surface area (TPSA) is 66.5 Å². The third-order valence-electron chi connectivity index (χ3n) is 5.76. The van der Waals surface area contributed by atoms with E-state index in [0.29, 0.717) is 17.8 Å². The number of nitrogens with one attached hydrogen (secondary N) is 1. The van der Waals surface area contributed by atoms with E-state index in [9.17, 15) is 13.2 Å². The summed E-state index contributed by atoms with van der Waals surface area (Å²) < 4.78 is 26.2. The zero-order valence-corrected chi connectivity index (χ0v) is 20.2. The van der Waals surface area contributed by atoms with Crippen molar-refractivity contribution in [3.63, 3.8) is 0 Å². The minimum atomic E-state index is -3.44. The van der Waals surface area contributed by atoms with Crippen LogP contribution in [0, 0.1) is 13.8 Å². The quantitative estimate of drug-likeness (QED) is 0.552. The van der Waals surface area contributed by atoms with E-state index in [2.05, 4.69) is 5.32 Å². The molecule has 0 radical (unpaired) electrons. The van der Waals surface area contributed by atoms with E-state index in [4.69, 9.17) is 0 Å². The maximum Gasteiger partial charge on any atom is 0.251 e. The van der Waals surface area contributed by atoms with Crippen LogP contribution in [-0.2, 0) is 16.6 Å². The fraction of sp³-hybridized carbons (Fsp3) is 0.458. The number of hydrogen-bond donors (Lipinski definition) is 1. The molecular weight excluding hydrogens is 428 g/mol. The Morgan fingerprint density at radius 2 is 1.74 bits per heavy atom. The number of thioether (sulfide) groups is 1. The van der Waals surface area contributed by atoms with Crippen molar-refractivity contribution in [1.29, 1.82) is 0 Å². The Bertz CT molecular complexity index is 998. The molecule has 1 saturated carbocycles. The summed E-state index contributed by atoms with van der Waals surface area (Å²) in [6.45, 7) is 4.86. The summed E-state index contributed by atoms with van der Waals surface area (Å²) in [7, 11) is -3.44. The van der Waals surface area contributed by atoms with Gasteiger partial charge in [-0.05, 0) is 67.6 Å². The van der Waals surface area contributed by atoms with Gasteiger partial charge in [0.05, 0.1) is 18.5 Å². The fourth-order valence-corrected chi connectivity index (χ4v) is 5.86. The lowest BCUT2D eigenvalue weighted by molar-refractivity contribution is 0.0956. The van der Waals surface area contributed by atoms with Crippen LogP contribution >= 0.6 is 11.8 Å². The Morgan fingerprint density at radius 1 is 1.06 bits per heavy atom. The smallest absolute Gasteiger partial charge is 0.251 e. The average molecular weight is 461 g/mol. The van der Waals surface area contributed by atoms with Gasteiger partial charge in [0.15, 0.2) is 0 Å². The second-order valence-corrected chi connectivity index (χ2v) is 11.6. The zero-order chi connectivity index (χ0) is 22.4. The van der Waals surface area contributed by atoms with Crippen molar-refractivity contribution in [2.75, 3.05) is 22.9 Å². The molecule has 1 N–H and O–H groups in total. The Kier molecular flexibility index (Phi) is 8.06. The standard InChI is InChI=1S/C24H32N2O3S2/c1-18-8-13-22(16-19(18)2)26(31(3,28)29)17-20-9-11-21(12-10-20)24(27)25-14-15-30-23-6-4-5-7-23/h8-13,16,23H,4-7,14-15,17H2,1-3H3,(H,25,27). The van der Waals surface area contributed by atoms with Gasteiger partial charge in [0, 0.05) is 23.1 Å². The highest BCUT2D eigenvalue weighted by Gasteiger charge is 2.19. The highest BCUT2D eigenvalue weighted by molar-refractivity contribution is 7.99. The molecular formula is C24H32N2O3S2. The Labute approximate surface area is 190 Å². The van der Waals surface area contributed by atoms with Gasteiger partial charge in [-0.15, -0.1) is 0 Å². The van der Waals surface area contributed by atoms with Gasteiger partial charge in [0.2, 0.25) is 10.0 Å². The number of benzene rings is 2. The van der Waals surface area contributed by atoms with Crippen LogP contribution in [-0.4, -0.2) is 38.1 Å². The second kappa shape index (κ2) is 10.6. The van der Waals surface area contributed by atoms with Crippen LogP contribution in [0.5, 0.6) is 0 Å². The van der Waals surface area contributed by atoms with Crippen LogP contribution in [0.1, 0.15) is 52.7 Å². The van der Waals surface area contributed by atoms with Crippen molar-refractivity contribution in [3.8, 4) is 0 Å². The fourth-order valence-electron chi connectivity index (χ4n) is 3.76. The first-order chi connectivity index (χ1) is 14.7. The predicted octanol–water partition coefficient (Wildman–Crippen LogP) is 4.68. The lowest BCUT2D eigenvalue weighted by Gasteiger charge is -2.23. The number of carbonyl (C=O) groups is 1. The average Bonchev–Trinajstić information content (AvgIpc) is 3.24. The van der Waals surface area contributed by atoms with Gasteiger partial charge in [-0.2, -0.15) is 11.8 Å². The monoisotopic (exact) mass is 460 g/mol. The number of amides is 1. The third kappa shape index (κ3) is 6.74. The molecule has 1 amide bonds. The molecule has 1 aliphatic carbocycles. The summed E-state index contributed by atoms with van der Waals surface area (Å²) in [5.74, 6) is 0.848. The molecule has 0 aromatic heterocycles. The van der Waals surface area contributed by atoms with Gasteiger partial charge in [0.25, 0.3) is 5.91 Å². The first-order valence-corrected chi connectivity index (χ1v) is 13.7. The van der Waals surface area contributed by atoms with Gasteiger partial charge in [-0.25, -0.2) is 8.42 Å². The summed E-state index contributed by atoms with van der Waals surface area (Å²) >= 11 is 1.96. The summed E-state index contributed by atoms with van der Waals surface area (Å²) in [4.78, 5) is 12.4. The van der Waals surface area contributed by atoms with Crippen LogP contribution in [0.4, 0.5) is 5.69 Å². The molecule has 0 aliphatic heterocycles. The summed E-state index contributed by atoms with van der Waals surface area (Å²) in [5.41, 5.74) is 4.23. The Hall–Kier alpha value is -1.99. The van der Waals surface area contributed by atoms with Crippen molar-refractivity contribution in [2.45, 2.75) is 51.3 Å². The highest BCUT2D eigenvalue weighted by atomic mass is 32.2. The number of carbonyl (C=O) groups excluding carboxylic acids is 1. The van der Waals surface area contributed by atoms with Crippen LogP contribution in [0.3, 0.4) is 0 Å². The number of aryl methyl sites for hydroxylation is 2. The maximum absolute atomic E-state index is 12.4. The maximum atomic E-state index is 12.4. The van der Waals surface area contributed by atoms with Crippen LogP contribution in [0.2, 0.25) is 0 Å². The normalized spacial score (nSPS) is 14.5. The summed E-state index contributed by atoms with van der Waals surface area (Å²) in [6, 6.07) is 12.8. The molecule has 2 aromatic carbocycles. The van der Waals surface area contributed by atoms with Gasteiger partial charge >= 0.3 is 0 Å². The molecule has 0 bridgehead atoms. The first kappa shape index (κ1) is 23.7. The number of rotatable bonds is 9. The number of nitrogens with zero attached hydrogens (tertiary/aromatic N) is 1. The van der Waals surface area contributed by atoms with Gasteiger partial charge in [-0.1, -0.05) is 31.0 Å². The highest BCUT2D eigenvalue weighted by Crippen LogP contribution is 2.29. The molecule has 3 rings (SSSR count). The molecule has 31 heavy (non-hydrogen) atoms. The molecule has 7 heteroatoms. The third-order valence-corrected chi connectivity index (χ3v) is 8.29. The van der Waals surface area contributed by atoms with Crippen molar-refractivity contribution in [2.24, 2.45) is 0 Å². The van der Waals surface area contributed by atoms with Crippen LogP contribution < -0.4 is 9.62 Å². The van der Waals surface area contributed by atoms with Gasteiger partial charge in [-0.3, -0.25) is 9.10 Å². The Morgan fingerprint density at radius 3 is 2.35 bits per heavy atom. The molecule has 0 saturated heterocycles. The van der Waals surface area contributed by atoms with E-state index >= 15 is 0 Å². The minimum Gasteiger partial charge on any atom is -0.351 e. The lowest BCUT2D eigenvalue weighted by atomic mass is 10.1. The summed E-state index contributed by atoms with van der Waals surface area (Å²) in [5, 5.41) is 3.73. The molecule has 0 atom stereocenters. The molecule has 168 valence electrons. The Balaban J connectivity index is 1.59. The zero-order valence-electron chi connectivity index (χ0n) is 18.6. The van der Waals surface area contributed by atoms with Crippen molar-refractivity contribution >= 4 is 33.4 Å². The van der Waals surface area contributed by atoms with Gasteiger partial charge < -0.3 is 5.32 Å². The van der Waals surface area contributed by atoms with Crippen molar-refractivity contribution < 1.29 is 13.2 Å². The van der Waals surface area contributed by atoms with Crippen molar-refractivity contribution in [1.82, 2.24) is 5.32 Å². The minimum absolute atomic E-state index is 0.0901. The van der Waals surface area contributed by atoms with E-state index < -0.39 is 10.0 Å². The number of anilines is 1. The first-order valence-electron chi connectivity index (χ1n) is 10.8. The van der Waals surface area contributed by atoms with E-state index in [1.54, 1.807) is 12.1 Å². The van der Waals surface area contributed by atoms with E-state index in [1.165, 1.54) is 36.2 Å². The van der Waals surface area contributed by atoms with Crippen molar-refractivity contribution in [3.05, 3.63) is 64.7 Å². The molecule has 0 unspecified atom stereocenters. The van der Waals surface area contributed by atoms with E-state index in [-0.39, 0.29) is 12.5 Å². The van der Waals surface area contributed by atoms with Crippen LogP contribution in [0.25, 0.3) is 0 Å². The predicted molar refractivity (Wildman–Crippen MR) is 130 cm³/mol. The molecule has 2 aromatic rings. The number of hydrogen-bond acceptors (Lipinski definition) is 4. The van der Waals surface area contributed by atoms with E-state index in [1.807, 2.05) is 55.9 Å². The number of sulfonamides is 1. The van der Waals surface area contributed by atoms with Gasteiger partial charge in [0.1, 0.15) is 0 Å². The van der Waals surface area contributed by atoms with Crippen LogP contribution in [0.15, 0.2) is 42.5 Å². The molecule has 1 fully saturated rings. The lowest BCUT2D eigenvalue weighted by Crippen LogP contribution is -2.29. The second-order valence-electron chi connectivity index (χ2n) is 8.27. The molecule has 1 aliphatic rings. The SMILES string of the molecule is Cc1ccc(N(Cc2ccc(C(=O)NCCSC3CCCC3)cc2)S(C)(=O)=O)cc1C. The largest absolute Gasteiger partial charge is 0.351 e. The molecule has 0 spiro atoms. The molecule has 0 heterocycles. The molecule has 5 nitrogen and oxygen atoms in total. The summed E-state index contributed by atoms with van der Waals surface area (Å²) in [6.07, 6.45) is 6.47. The van der Waals surface area contributed by atoms with E-state index in [0.717, 1.165) is 27.7 Å².